The van der Waals surface area contributed by atoms with Crippen LogP contribution in [-0.4, -0.2) is 68.9 Å². The molecule has 0 unspecified atom stereocenters. The van der Waals surface area contributed by atoms with Crippen molar-refractivity contribution in [2.24, 2.45) is 13.0 Å². The van der Waals surface area contributed by atoms with Gasteiger partial charge in [0.1, 0.15) is 0 Å². The topological polar surface area (TPSA) is 61.6 Å². The van der Waals surface area contributed by atoms with Crippen molar-refractivity contribution in [3.8, 4) is 0 Å². The number of rotatable bonds is 3. The molecule has 0 bridgehead atoms. The lowest BCUT2D eigenvalue weighted by Gasteiger charge is -2.39. The molecule has 2 heterocycles. The van der Waals surface area contributed by atoms with Crippen molar-refractivity contribution in [1.82, 2.24) is 19.6 Å². The summed E-state index contributed by atoms with van der Waals surface area (Å²) in [7, 11) is 1.92. The molecule has 6 nitrogen and oxygen atoms in total. The van der Waals surface area contributed by atoms with Crippen LogP contribution < -0.4 is 0 Å². The van der Waals surface area contributed by atoms with E-state index in [0.717, 1.165) is 51.9 Å². The maximum absolute atomic E-state index is 12.7. The van der Waals surface area contributed by atoms with Crippen LogP contribution in [0.5, 0.6) is 0 Å². The normalized spacial score (nSPS) is 34.8. The van der Waals surface area contributed by atoms with Crippen molar-refractivity contribution in [1.29, 1.82) is 0 Å². The molecule has 6 heteroatoms. The smallest absolute Gasteiger partial charge is 0.226 e. The van der Waals surface area contributed by atoms with Gasteiger partial charge < -0.3 is 10.0 Å². The molecule has 126 valence electrons. The summed E-state index contributed by atoms with van der Waals surface area (Å²) in [4.78, 5) is 17.1. The van der Waals surface area contributed by atoms with Crippen molar-refractivity contribution < 1.29 is 9.90 Å². The molecule has 3 fully saturated rings. The summed E-state index contributed by atoms with van der Waals surface area (Å²) in [6.45, 7) is 3.41. The third kappa shape index (κ3) is 2.90. The van der Waals surface area contributed by atoms with Crippen molar-refractivity contribution in [2.45, 2.75) is 43.7 Å². The Morgan fingerprint density at radius 3 is 2.65 bits per heavy atom. The van der Waals surface area contributed by atoms with Crippen LogP contribution in [0.3, 0.4) is 0 Å². The monoisotopic (exact) mass is 318 g/mol. The first-order valence-corrected chi connectivity index (χ1v) is 8.83. The highest BCUT2D eigenvalue weighted by molar-refractivity contribution is 5.83. The summed E-state index contributed by atoms with van der Waals surface area (Å²) in [5, 5.41) is 14.3. The van der Waals surface area contributed by atoms with E-state index in [0.29, 0.717) is 17.9 Å². The summed E-state index contributed by atoms with van der Waals surface area (Å²) in [5.41, 5.74) is 1.19. The van der Waals surface area contributed by atoms with Crippen LogP contribution in [0.25, 0.3) is 0 Å². The van der Waals surface area contributed by atoms with E-state index in [4.69, 9.17) is 0 Å². The average molecular weight is 318 g/mol. The van der Waals surface area contributed by atoms with Crippen LogP contribution in [0, 0.1) is 5.92 Å². The Kier molecular flexibility index (Phi) is 3.89. The van der Waals surface area contributed by atoms with Gasteiger partial charge in [0.2, 0.25) is 5.91 Å². The van der Waals surface area contributed by atoms with Gasteiger partial charge in [0.05, 0.1) is 12.3 Å². The Bertz CT molecular complexity index is 579. The Labute approximate surface area is 137 Å². The number of carbonyl (C=O) groups excluding carboxylic acids is 1. The molecule has 3 aliphatic rings. The number of hydrogen-bond donors (Lipinski definition) is 1. The number of nitrogens with zero attached hydrogens (tertiary/aromatic N) is 4. The van der Waals surface area contributed by atoms with Crippen LogP contribution in [0.4, 0.5) is 0 Å². The molecular formula is C17H26N4O2. The van der Waals surface area contributed by atoms with E-state index in [1.54, 1.807) is 4.68 Å². The Hall–Kier alpha value is -1.40. The number of piperazine rings is 1. The predicted molar refractivity (Wildman–Crippen MR) is 85.9 cm³/mol. The third-order valence-corrected chi connectivity index (χ3v) is 5.80. The quantitative estimate of drug-likeness (QED) is 0.886. The van der Waals surface area contributed by atoms with Gasteiger partial charge in [0, 0.05) is 51.4 Å². The lowest BCUT2D eigenvalue weighted by Crippen LogP contribution is -2.54. The summed E-state index contributed by atoms with van der Waals surface area (Å²) >= 11 is 0. The minimum atomic E-state index is -0.171. The molecule has 1 aliphatic heterocycles. The number of aliphatic hydroxyl groups excluding tert-OH is 1. The first kappa shape index (κ1) is 15.1. The molecule has 4 rings (SSSR count). The fraction of sp³-hybridized carbons (Fsp3) is 0.765. The SMILES string of the molecule is Cn1cc([C@@H]2C[C@@H]2C(=O)N2CCN([C@@H]3CCC[C@H]3O)CC2)cn1. The fourth-order valence-corrected chi connectivity index (χ4v) is 4.32. The lowest BCUT2D eigenvalue weighted by atomic mass is 10.1. The molecule has 0 spiro atoms. The van der Waals surface area contributed by atoms with Crippen molar-refractivity contribution in [3.63, 3.8) is 0 Å². The minimum Gasteiger partial charge on any atom is -0.391 e. The van der Waals surface area contributed by atoms with E-state index >= 15 is 0 Å². The van der Waals surface area contributed by atoms with Gasteiger partial charge in [-0.05, 0) is 37.2 Å². The van der Waals surface area contributed by atoms with Gasteiger partial charge in [0.25, 0.3) is 0 Å². The lowest BCUT2D eigenvalue weighted by molar-refractivity contribution is -0.135. The van der Waals surface area contributed by atoms with E-state index in [1.807, 2.05) is 24.3 Å². The fourth-order valence-electron chi connectivity index (χ4n) is 4.32. The zero-order valence-electron chi connectivity index (χ0n) is 13.8. The van der Waals surface area contributed by atoms with E-state index in [-0.39, 0.29) is 12.0 Å². The molecule has 1 N–H and O–H groups in total. The predicted octanol–water partition coefficient (Wildman–Crippen LogP) is 0.581. The summed E-state index contributed by atoms with van der Waals surface area (Å²) in [6, 6.07) is 0.316. The van der Waals surface area contributed by atoms with Gasteiger partial charge in [-0.3, -0.25) is 14.4 Å². The number of aliphatic hydroxyl groups is 1. The highest BCUT2D eigenvalue weighted by atomic mass is 16.3. The summed E-state index contributed by atoms with van der Waals surface area (Å²) < 4.78 is 1.81. The maximum atomic E-state index is 12.7. The van der Waals surface area contributed by atoms with Gasteiger partial charge >= 0.3 is 0 Å². The second kappa shape index (κ2) is 5.91. The highest BCUT2D eigenvalue weighted by Crippen LogP contribution is 2.48. The number of carbonyl (C=O) groups is 1. The molecule has 0 aromatic carbocycles. The third-order valence-electron chi connectivity index (χ3n) is 5.80. The van der Waals surface area contributed by atoms with Crippen LogP contribution in [0.1, 0.15) is 37.2 Å². The minimum absolute atomic E-state index is 0.155. The zero-order valence-corrected chi connectivity index (χ0v) is 13.8. The van der Waals surface area contributed by atoms with E-state index in [1.165, 1.54) is 5.56 Å². The Morgan fingerprint density at radius 2 is 2.04 bits per heavy atom. The molecular weight excluding hydrogens is 292 g/mol. The largest absolute Gasteiger partial charge is 0.391 e. The van der Waals surface area contributed by atoms with Gasteiger partial charge in [0.15, 0.2) is 0 Å². The number of hydrogen-bond acceptors (Lipinski definition) is 4. The van der Waals surface area contributed by atoms with Gasteiger partial charge in [-0.25, -0.2) is 0 Å². The Morgan fingerprint density at radius 1 is 1.26 bits per heavy atom. The molecule has 1 amide bonds. The summed E-state index contributed by atoms with van der Waals surface area (Å²) in [5.74, 6) is 0.833. The first-order chi connectivity index (χ1) is 11.1. The molecule has 23 heavy (non-hydrogen) atoms. The van der Waals surface area contributed by atoms with Crippen LogP contribution in [0.15, 0.2) is 12.4 Å². The van der Waals surface area contributed by atoms with Crippen molar-refractivity contribution >= 4 is 5.91 Å². The van der Waals surface area contributed by atoms with Crippen molar-refractivity contribution in [2.75, 3.05) is 26.2 Å². The molecule has 1 aromatic rings. The maximum Gasteiger partial charge on any atom is 0.226 e. The van der Waals surface area contributed by atoms with Crippen LogP contribution >= 0.6 is 0 Å². The molecule has 0 radical (unpaired) electrons. The number of amides is 1. The van der Waals surface area contributed by atoms with Crippen molar-refractivity contribution in [3.05, 3.63) is 18.0 Å². The van der Waals surface area contributed by atoms with E-state index in [9.17, 15) is 9.90 Å². The zero-order chi connectivity index (χ0) is 16.0. The highest BCUT2D eigenvalue weighted by Gasteiger charge is 2.47. The second-order valence-electron chi connectivity index (χ2n) is 7.32. The molecule has 2 aliphatic carbocycles. The standard InChI is InChI=1S/C17H26N4O2/c1-19-11-12(10-18-19)13-9-14(13)17(23)21-7-5-20(6-8-21)15-3-2-4-16(15)22/h10-11,13-16,22H,2-9H2,1H3/t13-,14-,15+,16+/m0/s1. The number of aromatic nitrogens is 2. The molecule has 1 saturated heterocycles. The molecule has 1 aromatic heterocycles. The first-order valence-electron chi connectivity index (χ1n) is 8.83. The van der Waals surface area contributed by atoms with Crippen LogP contribution in [0.2, 0.25) is 0 Å². The summed E-state index contributed by atoms with van der Waals surface area (Å²) in [6.07, 6.45) is 7.86. The second-order valence-corrected chi connectivity index (χ2v) is 7.32. The molecule has 4 atom stereocenters. The van der Waals surface area contributed by atoms with Gasteiger partial charge in [-0.2, -0.15) is 5.10 Å². The average Bonchev–Trinajstić information content (AvgIpc) is 3.06. The van der Waals surface area contributed by atoms with Gasteiger partial charge in [-0.1, -0.05) is 0 Å². The van der Waals surface area contributed by atoms with E-state index < -0.39 is 0 Å². The number of aryl methyl sites for hydroxylation is 1. The van der Waals surface area contributed by atoms with Crippen LogP contribution in [-0.2, 0) is 11.8 Å². The molecule has 2 saturated carbocycles. The Balaban J connectivity index is 1.30. The van der Waals surface area contributed by atoms with E-state index in [2.05, 4.69) is 10.00 Å². The van der Waals surface area contributed by atoms with Gasteiger partial charge in [-0.15, -0.1) is 0 Å².